The van der Waals surface area contributed by atoms with Gasteiger partial charge in [0.1, 0.15) is 28.4 Å². The Morgan fingerprint density at radius 1 is 0.840 bits per heavy atom. The van der Waals surface area contributed by atoms with Gasteiger partial charge in [0.25, 0.3) is 0 Å². The minimum Gasteiger partial charge on any atom is -0.506 e. The van der Waals surface area contributed by atoms with Crippen LogP contribution in [0.25, 0.3) is 44.1 Å². The maximum Gasteiger partial charge on any atom is 0.142 e. The Morgan fingerprint density at radius 3 is 2.48 bits per heavy atom. The molecule has 0 aliphatic heterocycles. The van der Waals surface area contributed by atoms with Crippen molar-refractivity contribution in [3.63, 3.8) is 0 Å². The van der Waals surface area contributed by atoms with Crippen LogP contribution in [0.2, 0.25) is 0 Å². The zero-order valence-corrected chi connectivity index (χ0v) is 13.0. The standard InChI is InChI=1S/C21H12FNO2/c22-14-7-4-10-18-20(14)19-13(6-3-9-17(19)25-18)21-16(24)11-12-5-1-2-8-15(12)23-21/h1-11,24H. The topological polar surface area (TPSA) is 46.3 Å². The highest BCUT2D eigenvalue weighted by atomic mass is 19.1. The van der Waals surface area contributed by atoms with Crippen LogP contribution in [0.5, 0.6) is 5.75 Å². The quantitative estimate of drug-likeness (QED) is 0.432. The first-order chi connectivity index (χ1) is 12.2. The first-order valence-corrected chi connectivity index (χ1v) is 7.91. The van der Waals surface area contributed by atoms with Crippen molar-refractivity contribution in [1.82, 2.24) is 4.98 Å². The number of pyridine rings is 1. The summed E-state index contributed by atoms with van der Waals surface area (Å²) in [5, 5.41) is 12.4. The fourth-order valence-corrected chi connectivity index (χ4v) is 3.32. The summed E-state index contributed by atoms with van der Waals surface area (Å²) < 4.78 is 20.2. The lowest BCUT2D eigenvalue weighted by atomic mass is 10.0. The highest BCUT2D eigenvalue weighted by molar-refractivity contribution is 6.13. The average Bonchev–Trinajstić information content (AvgIpc) is 3.01. The van der Waals surface area contributed by atoms with Gasteiger partial charge in [-0.2, -0.15) is 0 Å². The molecular formula is C21H12FNO2. The molecule has 2 heterocycles. The predicted octanol–water partition coefficient (Wildman–Crippen LogP) is 5.65. The molecule has 25 heavy (non-hydrogen) atoms. The van der Waals surface area contributed by atoms with Gasteiger partial charge in [0.2, 0.25) is 0 Å². The normalized spacial score (nSPS) is 11.6. The molecule has 4 heteroatoms. The van der Waals surface area contributed by atoms with Gasteiger partial charge in [-0.3, -0.25) is 0 Å². The minimum atomic E-state index is -0.357. The smallest absolute Gasteiger partial charge is 0.142 e. The van der Waals surface area contributed by atoms with Crippen molar-refractivity contribution >= 4 is 32.8 Å². The van der Waals surface area contributed by atoms with Crippen molar-refractivity contribution in [2.24, 2.45) is 0 Å². The zero-order valence-electron chi connectivity index (χ0n) is 13.0. The fourth-order valence-electron chi connectivity index (χ4n) is 3.32. The number of aromatic hydroxyl groups is 1. The lowest BCUT2D eigenvalue weighted by Crippen LogP contribution is -1.88. The van der Waals surface area contributed by atoms with E-state index in [1.165, 1.54) is 6.07 Å². The van der Waals surface area contributed by atoms with E-state index in [1.807, 2.05) is 36.4 Å². The van der Waals surface area contributed by atoms with Gasteiger partial charge < -0.3 is 9.52 Å². The number of furan rings is 1. The molecule has 0 atom stereocenters. The molecule has 1 N–H and O–H groups in total. The molecule has 3 nitrogen and oxygen atoms in total. The number of benzene rings is 3. The monoisotopic (exact) mass is 329 g/mol. The molecule has 0 spiro atoms. The van der Waals surface area contributed by atoms with Gasteiger partial charge in [0, 0.05) is 16.3 Å². The second kappa shape index (κ2) is 5.05. The second-order valence-electron chi connectivity index (χ2n) is 5.94. The first kappa shape index (κ1) is 14.0. The van der Waals surface area contributed by atoms with E-state index in [-0.39, 0.29) is 11.6 Å². The van der Waals surface area contributed by atoms with Crippen molar-refractivity contribution in [2.45, 2.75) is 0 Å². The summed E-state index contributed by atoms with van der Waals surface area (Å²) in [6.07, 6.45) is 0. The van der Waals surface area contributed by atoms with Crippen LogP contribution in [-0.2, 0) is 0 Å². The summed E-state index contributed by atoms with van der Waals surface area (Å²) in [6.45, 7) is 0. The molecule has 0 amide bonds. The Balaban J connectivity index is 1.93. The summed E-state index contributed by atoms with van der Waals surface area (Å²) in [5.41, 5.74) is 2.86. The highest BCUT2D eigenvalue weighted by Gasteiger charge is 2.18. The number of hydrogen-bond donors (Lipinski definition) is 1. The third-order valence-corrected chi connectivity index (χ3v) is 4.43. The van der Waals surface area contributed by atoms with E-state index < -0.39 is 0 Å². The minimum absolute atomic E-state index is 0.0527. The lowest BCUT2D eigenvalue weighted by Gasteiger charge is -2.08. The lowest BCUT2D eigenvalue weighted by molar-refractivity contribution is 0.476. The average molecular weight is 329 g/mol. The number of hydrogen-bond acceptors (Lipinski definition) is 3. The molecule has 0 saturated carbocycles. The van der Waals surface area contributed by atoms with Crippen LogP contribution in [0.4, 0.5) is 4.39 Å². The maximum atomic E-state index is 14.5. The molecule has 0 unspecified atom stereocenters. The Morgan fingerprint density at radius 2 is 1.60 bits per heavy atom. The van der Waals surface area contributed by atoms with Gasteiger partial charge in [-0.25, -0.2) is 9.37 Å². The Labute approximate surface area is 142 Å². The van der Waals surface area contributed by atoms with E-state index in [1.54, 1.807) is 24.3 Å². The van der Waals surface area contributed by atoms with E-state index in [0.29, 0.717) is 33.2 Å². The Hall–Kier alpha value is -3.40. The highest BCUT2D eigenvalue weighted by Crippen LogP contribution is 2.40. The second-order valence-corrected chi connectivity index (χ2v) is 5.94. The van der Waals surface area contributed by atoms with E-state index in [2.05, 4.69) is 4.98 Å². The molecule has 0 aliphatic carbocycles. The van der Waals surface area contributed by atoms with Crippen molar-refractivity contribution in [1.29, 1.82) is 0 Å². The molecule has 0 fully saturated rings. The van der Waals surface area contributed by atoms with Gasteiger partial charge in [0.05, 0.1) is 10.9 Å². The summed E-state index contributed by atoms with van der Waals surface area (Å²) in [5.74, 6) is -0.305. The van der Waals surface area contributed by atoms with E-state index in [4.69, 9.17) is 4.42 Å². The number of para-hydroxylation sites is 1. The summed E-state index contributed by atoms with van der Waals surface area (Å²) in [6, 6.07) is 19.4. The van der Waals surface area contributed by atoms with Crippen LogP contribution < -0.4 is 0 Å². The van der Waals surface area contributed by atoms with E-state index >= 15 is 0 Å². The fraction of sp³-hybridized carbons (Fsp3) is 0. The Kier molecular flexibility index (Phi) is 2.82. The van der Waals surface area contributed by atoms with Crippen LogP contribution in [0, 0.1) is 5.82 Å². The number of halogens is 1. The van der Waals surface area contributed by atoms with Gasteiger partial charge >= 0.3 is 0 Å². The predicted molar refractivity (Wildman–Crippen MR) is 96.1 cm³/mol. The van der Waals surface area contributed by atoms with Crippen molar-refractivity contribution in [3.8, 4) is 17.0 Å². The van der Waals surface area contributed by atoms with Crippen LogP contribution >= 0.6 is 0 Å². The van der Waals surface area contributed by atoms with Crippen LogP contribution in [0.3, 0.4) is 0 Å². The van der Waals surface area contributed by atoms with Gasteiger partial charge in [0.15, 0.2) is 0 Å². The van der Waals surface area contributed by atoms with Crippen molar-refractivity contribution in [2.75, 3.05) is 0 Å². The van der Waals surface area contributed by atoms with Crippen LogP contribution in [-0.4, -0.2) is 10.1 Å². The van der Waals surface area contributed by atoms with Crippen LogP contribution in [0.15, 0.2) is 71.1 Å². The van der Waals surface area contributed by atoms with Gasteiger partial charge in [-0.1, -0.05) is 36.4 Å². The molecule has 120 valence electrons. The summed E-state index contributed by atoms with van der Waals surface area (Å²) >= 11 is 0. The van der Waals surface area contributed by atoms with Crippen molar-refractivity contribution in [3.05, 3.63) is 72.5 Å². The molecule has 0 radical (unpaired) electrons. The molecule has 0 saturated heterocycles. The summed E-state index contributed by atoms with van der Waals surface area (Å²) in [4.78, 5) is 4.60. The Bertz CT molecular complexity index is 1270. The molecule has 2 aromatic heterocycles. The number of fused-ring (bicyclic) bond motifs is 4. The van der Waals surface area contributed by atoms with E-state index in [9.17, 15) is 9.50 Å². The zero-order chi connectivity index (χ0) is 17.0. The molecule has 5 rings (SSSR count). The third-order valence-electron chi connectivity index (χ3n) is 4.43. The molecule has 5 aromatic rings. The number of rotatable bonds is 1. The van der Waals surface area contributed by atoms with E-state index in [0.717, 1.165) is 10.9 Å². The third kappa shape index (κ3) is 2.01. The molecule has 0 aliphatic rings. The van der Waals surface area contributed by atoms with Crippen LogP contribution in [0.1, 0.15) is 0 Å². The van der Waals surface area contributed by atoms with Gasteiger partial charge in [-0.05, 0) is 30.3 Å². The molecule has 0 bridgehead atoms. The molecule has 3 aromatic carbocycles. The first-order valence-electron chi connectivity index (χ1n) is 7.91. The van der Waals surface area contributed by atoms with Gasteiger partial charge in [-0.15, -0.1) is 0 Å². The van der Waals surface area contributed by atoms with Crippen molar-refractivity contribution < 1.29 is 13.9 Å². The summed E-state index contributed by atoms with van der Waals surface area (Å²) in [7, 11) is 0. The molecular weight excluding hydrogens is 317 g/mol. The largest absolute Gasteiger partial charge is 0.506 e. The maximum absolute atomic E-state index is 14.5. The number of aromatic nitrogens is 1. The number of nitrogens with zero attached hydrogens (tertiary/aromatic N) is 1. The SMILES string of the molecule is Oc1cc2ccccc2nc1-c1cccc2oc3cccc(F)c3c12.